The van der Waals surface area contributed by atoms with E-state index < -0.39 is 5.92 Å². The first-order chi connectivity index (χ1) is 13.6. The van der Waals surface area contributed by atoms with Crippen molar-refractivity contribution in [3.63, 3.8) is 0 Å². The van der Waals surface area contributed by atoms with Gasteiger partial charge in [-0.25, -0.2) is 0 Å². The molecule has 2 amide bonds. The van der Waals surface area contributed by atoms with E-state index in [1.165, 1.54) is 0 Å². The number of fused-ring (bicyclic) bond motifs is 1. The van der Waals surface area contributed by atoms with Crippen LogP contribution in [0.25, 0.3) is 0 Å². The minimum Gasteiger partial charge on any atom is -0.349 e. The molecular weight excluding hydrogens is 368 g/mol. The average Bonchev–Trinajstić information content (AvgIpc) is 3.25. The second-order valence-electron chi connectivity index (χ2n) is 7.08. The molecule has 0 bridgehead atoms. The molecular formula is C23H22N2O2S. The topological polar surface area (TPSA) is 49.4 Å². The van der Waals surface area contributed by atoms with Gasteiger partial charge in [0.1, 0.15) is 0 Å². The van der Waals surface area contributed by atoms with Crippen LogP contribution in [0, 0.1) is 0 Å². The normalized spacial score (nSPS) is 19.8. The van der Waals surface area contributed by atoms with Crippen molar-refractivity contribution in [3.05, 3.63) is 93.7 Å². The third-order valence-electron chi connectivity index (χ3n) is 5.36. The Bertz CT molecular complexity index is 985. The third kappa shape index (κ3) is 3.22. The lowest BCUT2D eigenvalue weighted by atomic mass is 9.81. The summed E-state index contributed by atoms with van der Waals surface area (Å²) in [6.07, 6.45) is 0. The van der Waals surface area contributed by atoms with Crippen LogP contribution in [0.4, 0.5) is 0 Å². The molecule has 0 fully saturated rings. The van der Waals surface area contributed by atoms with Crippen molar-refractivity contribution in [1.29, 1.82) is 0 Å². The molecule has 3 atom stereocenters. The number of carbonyl (C=O) groups excluding carboxylic acids is 2. The van der Waals surface area contributed by atoms with Gasteiger partial charge in [-0.15, -0.1) is 11.3 Å². The molecule has 142 valence electrons. The number of likely N-dealkylation sites (N-methyl/N-ethyl adjacent to an activating group) is 1. The van der Waals surface area contributed by atoms with Gasteiger partial charge >= 0.3 is 0 Å². The van der Waals surface area contributed by atoms with Crippen molar-refractivity contribution in [2.24, 2.45) is 0 Å². The predicted molar refractivity (Wildman–Crippen MR) is 111 cm³/mol. The Hall–Kier alpha value is -2.92. The van der Waals surface area contributed by atoms with Crippen LogP contribution < -0.4 is 5.32 Å². The van der Waals surface area contributed by atoms with E-state index in [1.807, 2.05) is 73.0 Å². The molecule has 0 aliphatic carbocycles. The van der Waals surface area contributed by atoms with Gasteiger partial charge in [0.25, 0.3) is 5.91 Å². The minimum atomic E-state index is -0.455. The lowest BCUT2D eigenvalue weighted by molar-refractivity contribution is -0.124. The van der Waals surface area contributed by atoms with Crippen molar-refractivity contribution in [2.75, 3.05) is 7.05 Å². The first kappa shape index (κ1) is 18.4. The molecule has 4 rings (SSSR count). The Labute approximate surface area is 168 Å². The number of rotatable bonds is 4. The Morgan fingerprint density at radius 2 is 1.75 bits per heavy atom. The summed E-state index contributed by atoms with van der Waals surface area (Å²) in [5.74, 6) is -0.570. The molecule has 0 radical (unpaired) electrons. The zero-order valence-electron chi connectivity index (χ0n) is 15.8. The molecule has 0 unspecified atom stereocenters. The van der Waals surface area contributed by atoms with Crippen LogP contribution in [0.1, 0.15) is 51.3 Å². The number of carbonyl (C=O) groups is 2. The minimum absolute atomic E-state index is 0.0471. The fourth-order valence-electron chi connectivity index (χ4n) is 3.90. The lowest BCUT2D eigenvalue weighted by Crippen LogP contribution is -2.45. The maximum atomic E-state index is 13.5. The highest BCUT2D eigenvalue weighted by Crippen LogP contribution is 2.43. The second-order valence-corrected chi connectivity index (χ2v) is 8.06. The molecule has 0 saturated heterocycles. The molecule has 3 aromatic rings. The first-order valence-electron chi connectivity index (χ1n) is 9.32. The number of hydrogen-bond acceptors (Lipinski definition) is 3. The van der Waals surface area contributed by atoms with Gasteiger partial charge in [0.2, 0.25) is 5.91 Å². The Morgan fingerprint density at radius 3 is 2.46 bits per heavy atom. The van der Waals surface area contributed by atoms with E-state index in [0.717, 1.165) is 16.0 Å². The Balaban J connectivity index is 1.73. The summed E-state index contributed by atoms with van der Waals surface area (Å²) in [5, 5.41) is 5.14. The summed E-state index contributed by atoms with van der Waals surface area (Å²) >= 11 is 1.57. The van der Waals surface area contributed by atoms with E-state index in [0.29, 0.717) is 5.56 Å². The SMILES string of the molecule is C[C@H](NC(=O)[C@H]1c2ccccc2C(=O)N(C)[C@@H]1c1cccs1)c1ccccc1. The first-order valence-corrected chi connectivity index (χ1v) is 10.2. The molecule has 1 aliphatic rings. The maximum absolute atomic E-state index is 13.5. The molecule has 2 heterocycles. The summed E-state index contributed by atoms with van der Waals surface area (Å²) in [6.45, 7) is 1.98. The van der Waals surface area contributed by atoms with Crippen LogP contribution in [0.3, 0.4) is 0 Å². The van der Waals surface area contributed by atoms with E-state index >= 15 is 0 Å². The average molecular weight is 391 g/mol. The van der Waals surface area contributed by atoms with Crippen LogP contribution in [0.5, 0.6) is 0 Å². The molecule has 1 N–H and O–H groups in total. The molecule has 1 aliphatic heterocycles. The van der Waals surface area contributed by atoms with E-state index in [1.54, 1.807) is 29.4 Å². The number of nitrogens with one attached hydrogen (secondary N) is 1. The van der Waals surface area contributed by atoms with Gasteiger partial charge in [-0.05, 0) is 35.6 Å². The van der Waals surface area contributed by atoms with Gasteiger partial charge in [0, 0.05) is 17.5 Å². The molecule has 0 saturated carbocycles. The zero-order valence-corrected chi connectivity index (χ0v) is 16.6. The van der Waals surface area contributed by atoms with Crippen molar-refractivity contribution in [1.82, 2.24) is 10.2 Å². The molecule has 28 heavy (non-hydrogen) atoms. The van der Waals surface area contributed by atoms with Gasteiger partial charge in [0.05, 0.1) is 18.0 Å². The van der Waals surface area contributed by atoms with Crippen molar-refractivity contribution in [2.45, 2.75) is 24.9 Å². The standard InChI is InChI=1S/C23H22N2O2S/c1-15(16-9-4-3-5-10-16)24-22(26)20-17-11-6-7-12-18(17)23(27)25(2)21(20)19-13-8-14-28-19/h3-15,20-21H,1-2H3,(H,24,26)/t15-,20-,21+/m0/s1. The smallest absolute Gasteiger partial charge is 0.254 e. The summed E-state index contributed by atoms with van der Waals surface area (Å²) in [4.78, 5) is 29.1. The van der Waals surface area contributed by atoms with Crippen LogP contribution >= 0.6 is 11.3 Å². The molecule has 0 spiro atoms. The largest absolute Gasteiger partial charge is 0.349 e. The van der Waals surface area contributed by atoms with E-state index in [2.05, 4.69) is 5.32 Å². The highest BCUT2D eigenvalue weighted by atomic mass is 32.1. The van der Waals surface area contributed by atoms with E-state index in [9.17, 15) is 9.59 Å². The Morgan fingerprint density at radius 1 is 1.04 bits per heavy atom. The fraction of sp³-hybridized carbons (Fsp3) is 0.217. The van der Waals surface area contributed by atoms with Crippen LogP contribution in [-0.2, 0) is 4.79 Å². The number of benzene rings is 2. The number of nitrogens with zero attached hydrogens (tertiary/aromatic N) is 1. The third-order valence-corrected chi connectivity index (χ3v) is 6.30. The second kappa shape index (κ2) is 7.60. The van der Waals surface area contributed by atoms with Gasteiger partial charge in [-0.1, -0.05) is 54.6 Å². The van der Waals surface area contributed by atoms with Crippen molar-refractivity contribution in [3.8, 4) is 0 Å². The van der Waals surface area contributed by atoms with Gasteiger partial charge < -0.3 is 10.2 Å². The fourth-order valence-corrected chi connectivity index (χ4v) is 4.81. The molecule has 1 aromatic heterocycles. The quantitative estimate of drug-likeness (QED) is 0.711. The van der Waals surface area contributed by atoms with Gasteiger partial charge in [-0.3, -0.25) is 9.59 Å². The highest BCUT2D eigenvalue weighted by Gasteiger charge is 2.43. The highest BCUT2D eigenvalue weighted by molar-refractivity contribution is 7.10. The summed E-state index contributed by atoms with van der Waals surface area (Å²) in [7, 11) is 1.78. The number of amides is 2. The number of hydrogen-bond donors (Lipinski definition) is 1. The molecule has 4 nitrogen and oxygen atoms in total. The van der Waals surface area contributed by atoms with Crippen LogP contribution in [0.15, 0.2) is 72.1 Å². The van der Waals surface area contributed by atoms with E-state index in [4.69, 9.17) is 0 Å². The van der Waals surface area contributed by atoms with Gasteiger partial charge in [-0.2, -0.15) is 0 Å². The van der Waals surface area contributed by atoms with Crippen LogP contribution in [-0.4, -0.2) is 23.8 Å². The molecule has 2 aromatic carbocycles. The van der Waals surface area contributed by atoms with Crippen LogP contribution in [0.2, 0.25) is 0 Å². The number of thiophene rings is 1. The summed E-state index contributed by atoms with van der Waals surface area (Å²) in [5.41, 5.74) is 2.45. The van der Waals surface area contributed by atoms with Crippen molar-refractivity contribution < 1.29 is 9.59 Å². The van der Waals surface area contributed by atoms with Gasteiger partial charge in [0.15, 0.2) is 0 Å². The van der Waals surface area contributed by atoms with Crippen molar-refractivity contribution >= 4 is 23.2 Å². The monoisotopic (exact) mass is 390 g/mol. The predicted octanol–water partition coefficient (Wildman–Crippen LogP) is 4.54. The summed E-state index contributed by atoms with van der Waals surface area (Å²) < 4.78 is 0. The summed E-state index contributed by atoms with van der Waals surface area (Å²) in [6, 6.07) is 20.9. The maximum Gasteiger partial charge on any atom is 0.254 e. The molecule has 5 heteroatoms. The Kier molecular flexibility index (Phi) is 5.01. The lowest BCUT2D eigenvalue weighted by Gasteiger charge is -2.39. The van der Waals surface area contributed by atoms with E-state index in [-0.39, 0.29) is 23.9 Å². The zero-order chi connectivity index (χ0) is 19.7.